The van der Waals surface area contributed by atoms with Gasteiger partial charge in [-0.1, -0.05) is 0 Å². The summed E-state index contributed by atoms with van der Waals surface area (Å²) < 4.78 is 0. The van der Waals surface area contributed by atoms with Crippen molar-refractivity contribution in [2.75, 3.05) is 18.6 Å². The first-order chi connectivity index (χ1) is 8.17. The molecule has 1 unspecified atom stereocenters. The zero-order valence-corrected chi connectivity index (χ0v) is 11.9. The molecule has 1 aromatic rings. The molecule has 0 saturated heterocycles. The number of thioether (sulfide) groups is 1. The third-order valence-electron chi connectivity index (χ3n) is 2.28. The molecular weight excluding hydrogens is 254 g/mol. The van der Waals surface area contributed by atoms with Crippen LogP contribution < -0.4 is 11.1 Å². The summed E-state index contributed by atoms with van der Waals surface area (Å²) in [4.78, 5) is 16.1. The van der Waals surface area contributed by atoms with E-state index in [0.29, 0.717) is 12.2 Å². The highest BCUT2D eigenvalue weighted by Crippen LogP contribution is 2.10. The van der Waals surface area contributed by atoms with Gasteiger partial charge >= 0.3 is 0 Å². The highest BCUT2D eigenvalue weighted by molar-refractivity contribution is 7.98. The van der Waals surface area contributed by atoms with Gasteiger partial charge in [0.15, 0.2) is 0 Å². The Hall–Kier alpha value is -0.590. The zero-order valence-electron chi connectivity index (χ0n) is 10.2. The van der Waals surface area contributed by atoms with Gasteiger partial charge in [0.1, 0.15) is 5.69 Å². The summed E-state index contributed by atoms with van der Waals surface area (Å²) in [6.45, 7) is 2.58. The molecule has 0 fully saturated rings. The van der Waals surface area contributed by atoms with Gasteiger partial charge in [-0.25, -0.2) is 4.98 Å². The summed E-state index contributed by atoms with van der Waals surface area (Å²) in [7, 11) is 0. The average molecular weight is 273 g/mol. The zero-order chi connectivity index (χ0) is 12.7. The summed E-state index contributed by atoms with van der Waals surface area (Å²) in [6.07, 6.45) is 3.78. The number of nitrogens with two attached hydrogens (primary N) is 1. The molecule has 96 valence electrons. The Morgan fingerprint density at radius 1 is 1.71 bits per heavy atom. The van der Waals surface area contributed by atoms with Crippen LogP contribution in [-0.2, 0) is 6.42 Å². The molecule has 0 aliphatic heterocycles. The summed E-state index contributed by atoms with van der Waals surface area (Å²) in [5.41, 5.74) is 5.95. The van der Waals surface area contributed by atoms with Crippen molar-refractivity contribution in [3.05, 3.63) is 16.1 Å². The van der Waals surface area contributed by atoms with Gasteiger partial charge in [-0.2, -0.15) is 11.8 Å². The Balaban J connectivity index is 2.45. The largest absolute Gasteiger partial charge is 0.348 e. The summed E-state index contributed by atoms with van der Waals surface area (Å²) in [5, 5.41) is 5.67. The lowest BCUT2D eigenvalue weighted by molar-refractivity contribution is 0.0935. The maximum atomic E-state index is 11.8. The Bertz CT molecular complexity index is 354. The second kappa shape index (κ2) is 7.68. The van der Waals surface area contributed by atoms with Crippen molar-refractivity contribution >= 4 is 29.0 Å². The van der Waals surface area contributed by atoms with Gasteiger partial charge in [0.05, 0.1) is 5.01 Å². The molecule has 4 nitrogen and oxygen atoms in total. The van der Waals surface area contributed by atoms with Gasteiger partial charge in [0, 0.05) is 17.8 Å². The van der Waals surface area contributed by atoms with E-state index in [4.69, 9.17) is 5.73 Å². The standard InChI is InChI=1S/C11H19N3OS2/c1-8(4-6-16-2)13-11(15)9-7-17-10(14-9)3-5-12/h7-8H,3-6,12H2,1-2H3,(H,13,15). The van der Waals surface area contributed by atoms with Crippen LogP contribution in [0.15, 0.2) is 5.38 Å². The molecule has 0 aromatic carbocycles. The number of amides is 1. The van der Waals surface area contributed by atoms with E-state index >= 15 is 0 Å². The Morgan fingerprint density at radius 3 is 3.12 bits per heavy atom. The normalized spacial score (nSPS) is 12.4. The quantitative estimate of drug-likeness (QED) is 0.790. The van der Waals surface area contributed by atoms with Gasteiger partial charge in [-0.3, -0.25) is 4.79 Å². The third-order valence-corrected chi connectivity index (χ3v) is 3.83. The Kier molecular flexibility index (Phi) is 6.54. The molecule has 1 atom stereocenters. The second-order valence-electron chi connectivity index (χ2n) is 3.82. The van der Waals surface area contributed by atoms with Gasteiger partial charge in [0.25, 0.3) is 5.91 Å². The summed E-state index contributed by atoms with van der Waals surface area (Å²) >= 11 is 3.28. The Labute approximate surface area is 110 Å². The minimum atomic E-state index is -0.0851. The van der Waals surface area contributed by atoms with Crippen molar-refractivity contribution in [3.8, 4) is 0 Å². The fourth-order valence-electron chi connectivity index (χ4n) is 1.32. The molecule has 17 heavy (non-hydrogen) atoms. The maximum Gasteiger partial charge on any atom is 0.270 e. The number of nitrogens with one attached hydrogen (secondary N) is 1. The molecule has 6 heteroatoms. The van der Waals surface area contributed by atoms with E-state index in [2.05, 4.69) is 16.6 Å². The van der Waals surface area contributed by atoms with Crippen molar-refractivity contribution in [2.45, 2.75) is 25.8 Å². The summed E-state index contributed by atoms with van der Waals surface area (Å²) in [5.74, 6) is 0.967. The van der Waals surface area contributed by atoms with Crippen LogP contribution in [0.3, 0.4) is 0 Å². The van der Waals surface area contributed by atoms with E-state index < -0.39 is 0 Å². The molecule has 0 bridgehead atoms. The first-order valence-corrected chi connectivity index (χ1v) is 7.89. The van der Waals surface area contributed by atoms with Crippen molar-refractivity contribution in [1.82, 2.24) is 10.3 Å². The van der Waals surface area contributed by atoms with E-state index in [0.717, 1.165) is 23.6 Å². The SMILES string of the molecule is CSCCC(C)NC(=O)c1csc(CCN)n1. The molecule has 0 aliphatic rings. The average Bonchev–Trinajstić information content (AvgIpc) is 2.75. The fourth-order valence-corrected chi connectivity index (χ4v) is 2.70. The molecule has 1 aromatic heterocycles. The maximum absolute atomic E-state index is 11.8. The van der Waals surface area contributed by atoms with Crippen LogP contribution >= 0.6 is 23.1 Å². The van der Waals surface area contributed by atoms with Crippen LogP contribution in [0.4, 0.5) is 0 Å². The smallest absolute Gasteiger partial charge is 0.270 e. The van der Waals surface area contributed by atoms with Crippen LogP contribution in [-0.4, -0.2) is 35.5 Å². The highest BCUT2D eigenvalue weighted by atomic mass is 32.2. The van der Waals surface area contributed by atoms with Gasteiger partial charge in [-0.05, 0) is 31.9 Å². The lowest BCUT2D eigenvalue weighted by Crippen LogP contribution is -2.33. The molecule has 0 radical (unpaired) electrons. The van der Waals surface area contributed by atoms with Crippen LogP contribution in [0.5, 0.6) is 0 Å². The first-order valence-electron chi connectivity index (χ1n) is 5.61. The number of hydrogen-bond donors (Lipinski definition) is 2. The number of aromatic nitrogens is 1. The molecule has 0 spiro atoms. The van der Waals surface area contributed by atoms with E-state index in [1.807, 2.05) is 6.92 Å². The van der Waals surface area contributed by atoms with Crippen molar-refractivity contribution in [2.24, 2.45) is 5.73 Å². The van der Waals surface area contributed by atoms with Crippen LogP contribution in [0, 0.1) is 0 Å². The van der Waals surface area contributed by atoms with Crippen molar-refractivity contribution < 1.29 is 4.79 Å². The van der Waals surface area contributed by atoms with Gasteiger partial charge in [-0.15, -0.1) is 11.3 Å². The molecule has 1 heterocycles. The second-order valence-corrected chi connectivity index (χ2v) is 5.75. The Morgan fingerprint density at radius 2 is 2.47 bits per heavy atom. The lowest BCUT2D eigenvalue weighted by atomic mass is 10.2. The minimum absolute atomic E-state index is 0.0851. The minimum Gasteiger partial charge on any atom is -0.348 e. The van der Waals surface area contributed by atoms with E-state index in [9.17, 15) is 4.79 Å². The first kappa shape index (κ1) is 14.5. The number of nitrogens with zero attached hydrogens (tertiary/aromatic N) is 1. The fraction of sp³-hybridized carbons (Fsp3) is 0.636. The molecule has 1 amide bonds. The molecule has 1 rings (SSSR count). The van der Waals surface area contributed by atoms with E-state index in [-0.39, 0.29) is 11.9 Å². The topological polar surface area (TPSA) is 68.0 Å². The number of thiazole rings is 1. The predicted molar refractivity (Wildman–Crippen MR) is 74.8 cm³/mol. The molecule has 0 saturated carbocycles. The molecule has 0 aliphatic carbocycles. The monoisotopic (exact) mass is 273 g/mol. The van der Waals surface area contributed by atoms with E-state index in [1.165, 1.54) is 11.3 Å². The van der Waals surface area contributed by atoms with Crippen molar-refractivity contribution in [1.29, 1.82) is 0 Å². The molecular formula is C11H19N3OS2. The van der Waals surface area contributed by atoms with Crippen molar-refractivity contribution in [3.63, 3.8) is 0 Å². The number of carbonyl (C=O) groups is 1. The number of carbonyl (C=O) groups excluding carboxylic acids is 1. The third kappa shape index (κ3) is 5.06. The van der Waals surface area contributed by atoms with Crippen LogP contribution in [0.1, 0.15) is 28.8 Å². The van der Waals surface area contributed by atoms with Crippen LogP contribution in [0.2, 0.25) is 0 Å². The van der Waals surface area contributed by atoms with Gasteiger partial charge < -0.3 is 11.1 Å². The predicted octanol–water partition coefficient (Wildman–Crippen LogP) is 1.52. The summed E-state index contributed by atoms with van der Waals surface area (Å²) in [6, 6.07) is 0.189. The number of hydrogen-bond acceptors (Lipinski definition) is 5. The lowest BCUT2D eigenvalue weighted by Gasteiger charge is -2.11. The van der Waals surface area contributed by atoms with E-state index in [1.54, 1.807) is 17.1 Å². The van der Waals surface area contributed by atoms with Crippen LogP contribution in [0.25, 0.3) is 0 Å². The molecule has 3 N–H and O–H groups in total. The number of rotatable bonds is 7. The highest BCUT2D eigenvalue weighted by Gasteiger charge is 2.12. The van der Waals surface area contributed by atoms with Gasteiger partial charge in [0.2, 0.25) is 0 Å².